The van der Waals surface area contributed by atoms with E-state index in [1.54, 1.807) is 45.9 Å². The van der Waals surface area contributed by atoms with Crippen LogP contribution in [0.15, 0.2) is 24.3 Å². The van der Waals surface area contributed by atoms with E-state index in [2.05, 4.69) is 10.6 Å². The monoisotopic (exact) mass is 520 g/mol. The van der Waals surface area contributed by atoms with E-state index in [-0.39, 0.29) is 26.1 Å². The van der Waals surface area contributed by atoms with Gasteiger partial charge in [-0.25, -0.2) is 4.79 Å². The molecular formula is C26H40N4O7. The minimum Gasteiger partial charge on any atom is -0.466 e. The Balaban J connectivity index is 3.36. The molecule has 0 aliphatic carbocycles. The number of primary amides is 1. The predicted molar refractivity (Wildman–Crippen MR) is 137 cm³/mol. The number of nitrogens with zero attached hydrogens (tertiary/aromatic N) is 1. The molecule has 2 atom stereocenters. The van der Waals surface area contributed by atoms with Crippen LogP contribution in [0, 0.1) is 6.92 Å². The van der Waals surface area contributed by atoms with Gasteiger partial charge in [-0.3, -0.25) is 19.2 Å². The quantitative estimate of drug-likeness (QED) is 0.336. The lowest BCUT2D eigenvalue weighted by atomic mass is 9.97. The van der Waals surface area contributed by atoms with E-state index in [1.807, 2.05) is 19.9 Å². The molecule has 37 heavy (non-hydrogen) atoms. The van der Waals surface area contributed by atoms with Gasteiger partial charge in [0.05, 0.1) is 19.4 Å². The lowest BCUT2D eigenvalue weighted by molar-refractivity contribution is -0.144. The number of amides is 4. The summed E-state index contributed by atoms with van der Waals surface area (Å²) in [4.78, 5) is 64.5. The molecule has 0 radical (unpaired) electrons. The van der Waals surface area contributed by atoms with Gasteiger partial charge < -0.3 is 30.7 Å². The largest absolute Gasteiger partial charge is 0.466 e. The van der Waals surface area contributed by atoms with Crippen molar-refractivity contribution < 1.29 is 33.4 Å². The summed E-state index contributed by atoms with van der Waals surface area (Å²) < 4.78 is 10.2. The first-order chi connectivity index (χ1) is 17.3. The van der Waals surface area contributed by atoms with Crippen molar-refractivity contribution in [1.29, 1.82) is 0 Å². The minimum atomic E-state index is -1.35. The van der Waals surface area contributed by atoms with Crippen LogP contribution in [-0.4, -0.2) is 66.0 Å². The molecule has 4 N–H and O–H groups in total. The molecule has 1 rings (SSSR count). The molecule has 0 bridgehead atoms. The number of aryl methyl sites for hydroxylation is 1. The molecule has 0 aliphatic heterocycles. The second-order valence-corrected chi connectivity index (χ2v) is 9.51. The average Bonchev–Trinajstić information content (AvgIpc) is 2.77. The lowest BCUT2D eigenvalue weighted by Gasteiger charge is -2.34. The molecule has 4 amide bonds. The molecule has 11 heteroatoms. The van der Waals surface area contributed by atoms with Crippen molar-refractivity contribution in [2.45, 2.75) is 78.5 Å². The highest BCUT2D eigenvalue weighted by Gasteiger charge is 2.37. The van der Waals surface area contributed by atoms with Crippen LogP contribution >= 0.6 is 0 Å². The molecule has 2 unspecified atom stereocenters. The van der Waals surface area contributed by atoms with Crippen molar-refractivity contribution in [2.75, 3.05) is 19.7 Å². The number of hydrogen-bond acceptors (Lipinski definition) is 7. The molecule has 206 valence electrons. The third-order valence-corrected chi connectivity index (χ3v) is 5.12. The van der Waals surface area contributed by atoms with Crippen LogP contribution in [0.3, 0.4) is 0 Å². The van der Waals surface area contributed by atoms with Crippen molar-refractivity contribution in [3.8, 4) is 0 Å². The molecule has 0 aromatic heterocycles. The summed E-state index contributed by atoms with van der Waals surface area (Å²) in [5, 5.41) is 5.14. The minimum absolute atomic E-state index is 0.00900. The fourth-order valence-corrected chi connectivity index (χ4v) is 3.62. The number of hydrogen-bond donors (Lipinski definition) is 3. The van der Waals surface area contributed by atoms with Gasteiger partial charge in [-0.15, -0.1) is 0 Å². The van der Waals surface area contributed by atoms with E-state index in [9.17, 15) is 24.0 Å². The zero-order valence-corrected chi connectivity index (χ0v) is 22.6. The van der Waals surface area contributed by atoms with Gasteiger partial charge in [-0.1, -0.05) is 31.2 Å². The van der Waals surface area contributed by atoms with Crippen molar-refractivity contribution in [3.05, 3.63) is 35.4 Å². The van der Waals surface area contributed by atoms with E-state index in [0.717, 1.165) is 5.56 Å². The Morgan fingerprint density at radius 3 is 2.27 bits per heavy atom. The third-order valence-electron chi connectivity index (χ3n) is 5.12. The number of ether oxygens (including phenoxy) is 2. The Hall–Kier alpha value is -3.63. The number of nitrogens with one attached hydrogen (secondary N) is 2. The number of rotatable bonds is 13. The normalized spacial score (nSPS) is 12.6. The van der Waals surface area contributed by atoms with Crippen molar-refractivity contribution in [3.63, 3.8) is 0 Å². The topological polar surface area (TPSA) is 157 Å². The first-order valence-electron chi connectivity index (χ1n) is 12.4. The van der Waals surface area contributed by atoms with E-state index in [4.69, 9.17) is 15.2 Å². The third kappa shape index (κ3) is 10.9. The van der Waals surface area contributed by atoms with Crippen LogP contribution in [0.5, 0.6) is 0 Å². The van der Waals surface area contributed by atoms with E-state index < -0.39 is 53.9 Å². The maximum atomic E-state index is 13.8. The summed E-state index contributed by atoms with van der Waals surface area (Å²) in [6.07, 6.45) is -0.926. The summed E-state index contributed by atoms with van der Waals surface area (Å²) in [5.41, 5.74) is 5.86. The van der Waals surface area contributed by atoms with Crippen LogP contribution in [-0.2, 0) is 28.7 Å². The fraction of sp³-hybridized carbons (Fsp3) is 0.577. The molecule has 0 aliphatic rings. The highest BCUT2D eigenvalue weighted by Crippen LogP contribution is 2.26. The average molecular weight is 521 g/mol. The van der Waals surface area contributed by atoms with E-state index in [1.165, 1.54) is 4.90 Å². The summed E-state index contributed by atoms with van der Waals surface area (Å²) in [6.45, 7) is 10.7. The van der Waals surface area contributed by atoms with Gasteiger partial charge in [0, 0.05) is 13.1 Å². The number of esters is 1. The number of carbonyl (C=O) groups excluding carboxylic acids is 5. The number of alkyl carbamates (subject to hydrolysis) is 1. The SMILES string of the molecule is CCCN(C(=O)C(CC(N)=O)NC(=O)OC(C)(C)C)C(C(=O)NCCC(=O)OCC)c1ccccc1C. The molecule has 0 spiro atoms. The Labute approximate surface area is 218 Å². The predicted octanol–water partition coefficient (Wildman–Crippen LogP) is 2.11. The smallest absolute Gasteiger partial charge is 0.408 e. The number of carbonyl (C=O) groups is 5. The van der Waals surface area contributed by atoms with E-state index in [0.29, 0.717) is 12.0 Å². The number of nitrogens with two attached hydrogens (primary N) is 1. The molecule has 0 fully saturated rings. The van der Waals surface area contributed by atoms with Gasteiger partial charge in [-0.05, 0) is 52.2 Å². The summed E-state index contributed by atoms with van der Waals surface area (Å²) in [6, 6.07) is 4.65. The van der Waals surface area contributed by atoms with Crippen LogP contribution < -0.4 is 16.4 Å². The molecule has 11 nitrogen and oxygen atoms in total. The van der Waals surface area contributed by atoms with Gasteiger partial charge in [-0.2, -0.15) is 0 Å². The van der Waals surface area contributed by atoms with Crippen molar-refractivity contribution >= 4 is 29.8 Å². The van der Waals surface area contributed by atoms with Gasteiger partial charge in [0.25, 0.3) is 0 Å². The first kappa shape index (κ1) is 31.4. The van der Waals surface area contributed by atoms with Crippen molar-refractivity contribution in [1.82, 2.24) is 15.5 Å². The maximum absolute atomic E-state index is 13.8. The highest BCUT2D eigenvalue weighted by molar-refractivity contribution is 5.94. The molecule has 0 saturated carbocycles. The lowest BCUT2D eigenvalue weighted by Crippen LogP contribution is -2.54. The molecule has 0 saturated heterocycles. The molecule has 1 aromatic carbocycles. The zero-order chi connectivity index (χ0) is 28.2. The maximum Gasteiger partial charge on any atom is 0.408 e. The highest BCUT2D eigenvalue weighted by atomic mass is 16.6. The summed E-state index contributed by atoms with van der Waals surface area (Å²) in [5.74, 6) is -2.45. The van der Waals surface area contributed by atoms with Gasteiger partial charge in [0.15, 0.2) is 0 Å². The first-order valence-corrected chi connectivity index (χ1v) is 12.4. The van der Waals surface area contributed by atoms with Crippen LogP contribution in [0.25, 0.3) is 0 Å². The van der Waals surface area contributed by atoms with Crippen LogP contribution in [0.1, 0.15) is 71.0 Å². The Morgan fingerprint density at radius 1 is 1.08 bits per heavy atom. The fourth-order valence-electron chi connectivity index (χ4n) is 3.62. The summed E-state index contributed by atoms with van der Waals surface area (Å²) in [7, 11) is 0. The standard InChI is InChI=1S/C26H40N4O7/c1-7-15-30(24(34)19(16-20(27)31)29-25(35)37-26(4,5)6)22(18-12-10-9-11-17(18)3)23(33)28-14-13-21(32)36-8-2/h9-12,19,22H,7-8,13-16H2,1-6H3,(H2,27,31)(H,28,33)(H,29,35). The van der Waals surface area contributed by atoms with Crippen LogP contribution in [0.2, 0.25) is 0 Å². The van der Waals surface area contributed by atoms with Crippen molar-refractivity contribution in [2.24, 2.45) is 5.73 Å². The molecule has 1 aromatic rings. The van der Waals surface area contributed by atoms with E-state index >= 15 is 0 Å². The molecular weight excluding hydrogens is 480 g/mol. The Kier molecular flexibility index (Phi) is 12.6. The number of benzene rings is 1. The zero-order valence-electron chi connectivity index (χ0n) is 22.6. The van der Waals surface area contributed by atoms with Gasteiger partial charge in [0.2, 0.25) is 17.7 Å². The second kappa shape index (κ2) is 14.8. The second-order valence-electron chi connectivity index (χ2n) is 9.51. The Bertz CT molecular complexity index is 958. The molecule has 0 heterocycles. The summed E-state index contributed by atoms with van der Waals surface area (Å²) >= 11 is 0. The van der Waals surface area contributed by atoms with Gasteiger partial charge >= 0.3 is 12.1 Å². The van der Waals surface area contributed by atoms with Crippen LogP contribution in [0.4, 0.5) is 4.79 Å². The van der Waals surface area contributed by atoms with Gasteiger partial charge in [0.1, 0.15) is 17.7 Å². The Morgan fingerprint density at radius 2 is 1.73 bits per heavy atom.